The van der Waals surface area contributed by atoms with Crippen molar-refractivity contribution in [2.45, 2.75) is 159 Å². The van der Waals surface area contributed by atoms with Gasteiger partial charge >= 0.3 is 17.2 Å². The van der Waals surface area contributed by atoms with Gasteiger partial charge in [0, 0.05) is 22.3 Å². The van der Waals surface area contributed by atoms with Gasteiger partial charge in [-0.25, -0.2) is 0 Å². The Balaban J connectivity index is 1.80. The zero-order chi connectivity index (χ0) is 50.1. The van der Waals surface area contributed by atoms with E-state index in [1.165, 1.54) is 5.56 Å². The van der Waals surface area contributed by atoms with E-state index in [2.05, 4.69) is 122 Å². The summed E-state index contributed by atoms with van der Waals surface area (Å²) in [6.45, 7) is 42.3. The molecule has 6 aromatic rings. The minimum Gasteiger partial charge on any atom is -0.408 e. The molecule has 0 spiro atoms. The van der Waals surface area contributed by atoms with E-state index in [4.69, 9.17) is 27.1 Å². The van der Waals surface area contributed by atoms with E-state index in [1.807, 2.05) is 125 Å². The first-order valence-electron chi connectivity index (χ1n) is 23.9. The molecule has 0 saturated carbocycles. The molecule has 8 heteroatoms. The number of benzene rings is 6. The molecule has 6 aromatic carbocycles. The first-order valence-corrected chi connectivity index (χ1v) is 26.1. The molecule has 0 aromatic heterocycles. The summed E-state index contributed by atoms with van der Waals surface area (Å²) in [6, 6.07) is 39.1. The van der Waals surface area contributed by atoms with Crippen molar-refractivity contribution in [3.63, 3.8) is 0 Å². The van der Waals surface area contributed by atoms with Crippen LogP contribution in [0.15, 0.2) is 115 Å². The number of hydrogen-bond acceptors (Lipinski definition) is 6. The maximum absolute atomic E-state index is 7.62. The maximum atomic E-state index is 7.62. The minimum absolute atomic E-state index is 0.251. The molecule has 0 aliphatic carbocycles. The highest BCUT2D eigenvalue weighted by Gasteiger charge is 2.40. The highest BCUT2D eigenvalue weighted by atomic mass is 31.2. The Kier molecular flexibility index (Phi) is 15.5. The predicted octanol–water partition coefficient (Wildman–Crippen LogP) is 18.6. The van der Waals surface area contributed by atoms with E-state index in [0.717, 1.165) is 55.6 Å². The van der Waals surface area contributed by atoms with E-state index in [0.29, 0.717) is 34.5 Å². The zero-order valence-electron chi connectivity index (χ0n) is 44.3. The fraction of sp³-hybridized carbons (Fsp3) is 0.400. The van der Waals surface area contributed by atoms with E-state index < -0.39 is 33.4 Å². The molecule has 6 rings (SSSR count). The molecule has 6 nitrogen and oxygen atoms in total. The normalized spacial score (nSPS) is 12.6. The fourth-order valence-corrected chi connectivity index (χ4v) is 10.4. The van der Waals surface area contributed by atoms with Gasteiger partial charge in [-0.3, -0.25) is 0 Å². The molecule has 0 bridgehead atoms. The van der Waals surface area contributed by atoms with Gasteiger partial charge in [0.15, 0.2) is 0 Å². The topological polar surface area (TPSA) is 55.4 Å². The quantitative estimate of drug-likeness (QED) is 0.108. The van der Waals surface area contributed by atoms with Crippen LogP contribution in [0, 0.1) is 27.7 Å². The Labute approximate surface area is 412 Å². The number of aryl methyl sites for hydroxylation is 4. The second-order valence-electron chi connectivity index (χ2n) is 23.3. The molecular formula is C60H76O6P2. The zero-order valence-corrected chi connectivity index (χ0v) is 46.1. The third-order valence-corrected chi connectivity index (χ3v) is 14.1. The molecule has 0 N–H and O–H groups in total. The first kappa shape index (κ1) is 52.4. The Morgan fingerprint density at radius 2 is 0.647 bits per heavy atom. The number of rotatable bonds is 13. The van der Waals surface area contributed by atoms with Crippen LogP contribution in [0.3, 0.4) is 0 Å². The van der Waals surface area contributed by atoms with Gasteiger partial charge in [-0.05, 0) is 124 Å². The third kappa shape index (κ3) is 12.4. The maximum Gasteiger partial charge on any atom is 0.530 e. The summed E-state index contributed by atoms with van der Waals surface area (Å²) in [4.78, 5) is 0. The van der Waals surface area contributed by atoms with Gasteiger partial charge in [0.05, 0.1) is 0 Å². The molecule has 68 heavy (non-hydrogen) atoms. The van der Waals surface area contributed by atoms with E-state index in [1.54, 1.807) is 0 Å². The van der Waals surface area contributed by atoms with Crippen molar-refractivity contribution in [1.29, 1.82) is 0 Å². The average Bonchev–Trinajstić information content (AvgIpc) is 3.22. The van der Waals surface area contributed by atoms with E-state index in [-0.39, 0.29) is 10.8 Å². The lowest BCUT2D eigenvalue weighted by Crippen LogP contribution is -2.27. The van der Waals surface area contributed by atoms with Crippen LogP contribution in [0.4, 0.5) is 0 Å². The Hall–Kier alpha value is -5.02. The van der Waals surface area contributed by atoms with Crippen molar-refractivity contribution in [3.8, 4) is 45.6 Å². The lowest BCUT2D eigenvalue weighted by atomic mass is 9.68. The van der Waals surface area contributed by atoms with E-state index >= 15 is 0 Å². The van der Waals surface area contributed by atoms with Crippen LogP contribution in [0.1, 0.15) is 154 Å². The van der Waals surface area contributed by atoms with Crippen molar-refractivity contribution in [1.82, 2.24) is 0 Å². The molecule has 0 radical (unpaired) electrons. The smallest absolute Gasteiger partial charge is 0.408 e. The molecule has 0 saturated heterocycles. The van der Waals surface area contributed by atoms with Crippen molar-refractivity contribution >= 4 is 17.2 Å². The van der Waals surface area contributed by atoms with Crippen LogP contribution >= 0.6 is 17.2 Å². The number of para-hydroxylation sites is 4. The second-order valence-corrected chi connectivity index (χ2v) is 25.2. The highest BCUT2D eigenvalue weighted by Crippen LogP contribution is 2.59. The van der Waals surface area contributed by atoms with Crippen molar-refractivity contribution in [3.05, 3.63) is 165 Å². The van der Waals surface area contributed by atoms with Crippen molar-refractivity contribution in [2.75, 3.05) is 0 Å². The molecule has 0 aliphatic rings. The lowest BCUT2D eigenvalue weighted by molar-refractivity contribution is 0.376. The third-order valence-electron chi connectivity index (χ3n) is 12.1. The van der Waals surface area contributed by atoms with Gasteiger partial charge in [0.25, 0.3) is 0 Å². The van der Waals surface area contributed by atoms with Crippen molar-refractivity contribution < 1.29 is 27.1 Å². The average molecular weight is 955 g/mol. The molecular weight excluding hydrogens is 879 g/mol. The summed E-state index contributed by atoms with van der Waals surface area (Å²) < 4.78 is 42.9. The standard InChI is InChI=1S/C60H76O6P2/c1-39-28-20-24-32-48(39)61-67(62-49-33-25-21-29-40(49)2)65-54-44(36-43(56(5,6)7)37-46(54)58(11,12)13)52-53(60(17,18)19)45(57(8,9)10)38-47(59(14,15)16)55(52)66-68(63-50-34-26-22-30-41(50)3)64-51-35-27-23-31-42(51)4/h20-38H,1-19H3. The van der Waals surface area contributed by atoms with Crippen LogP contribution in [0.25, 0.3) is 11.1 Å². The predicted molar refractivity (Wildman–Crippen MR) is 288 cm³/mol. The Morgan fingerprint density at radius 1 is 0.324 bits per heavy atom. The summed E-state index contributed by atoms with van der Waals surface area (Å²) in [6.07, 6.45) is 0. The fourth-order valence-electron chi connectivity index (χ4n) is 8.06. The van der Waals surface area contributed by atoms with Gasteiger partial charge in [0.2, 0.25) is 0 Å². The molecule has 0 atom stereocenters. The highest BCUT2D eigenvalue weighted by molar-refractivity contribution is 7.43. The summed E-state index contributed by atoms with van der Waals surface area (Å²) in [5.41, 5.74) is 9.56. The van der Waals surface area contributed by atoms with Crippen LogP contribution < -0.4 is 27.1 Å². The van der Waals surface area contributed by atoms with Gasteiger partial charge in [-0.1, -0.05) is 189 Å². The monoisotopic (exact) mass is 955 g/mol. The summed E-state index contributed by atoms with van der Waals surface area (Å²) >= 11 is 0. The molecule has 0 amide bonds. The molecule has 0 aliphatic heterocycles. The molecule has 0 unspecified atom stereocenters. The largest absolute Gasteiger partial charge is 0.530 e. The van der Waals surface area contributed by atoms with Gasteiger partial charge in [0.1, 0.15) is 34.5 Å². The van der Waals surface area contributed by atoms with Crippen LogP contribution in [0.5, 0.6) is 34.5 Å². The van der Waals surface area contributed by atoms with Crippen molar-refractivity contribution in [2.24, 2.45) is 0 Å². The van der Waals surface area contributed by atoms with E-state index in [9.17, 15) is 0 Å². The number of hydrogen-bond donors (Lipinski definition) is 0. The van der Waals surface area contributed by atoms with Gasteiger partial charge in [-0.2, -0.15) is 0 Å². The summed E-state index contributed by atoms with van der Waals surface area (Å²) in [5.74, 6) is 4.11. The summed E-state index contributed by atoms with van der Waals surface area (Å²) in [5, 5.41) is 0. The minimum atomic E-state index is -2.12. The lowest BCUT2D eigenvalue weighted by Gasteiger charge is -2.38. The molecule has 0 heterocycles. The van der Waals surface area contributed by atoms with Crippen LogP contribution in [-0.2, 0) is 27.1 Å². The second kappa shape index (κ2) is 20.1. The SMILES string of the molecule is Cc1ccccc1OP(Oc1ccccc1C)Oc1c(-c2c(OP(Oc3ccccc3C)Oc3ccccc3C)c(C(C)(C)C)cc(C(C)(C)C)c2C(C)(C)C)cc(C(C)(C)C)cc1C(C)(C)C. The molecule has 362 valence electrons. The Morgan fingerprint density at radius 3 is 0.956 bits per heavy atom. The molecule has 0 fully saturated rings. The Bertz CT molecular complexity index is 2630. The van der Waals surface area contributed by atoms with Gasteiger partial charge < -0.3 is 27.1 Å². The first-order chi connectivity index (χ1) is 31.5. The van der Waals surface area contributed by atoms with Crippen LogP contribution in [0.2, 0.25) is 0 Å². The van der Waals surface area contributed by atoms with Gasteiger partial charge in [-0.15, -0.1) is 0 Å². The summed E-state index contributed by atoms with van der Waals surface area (Å²) in [7, 11) is -4.24. The van der Waals surface area contributed by atoms with Crippen LogP contribution in [-0.4, -0.2) is 0 Å².